The number of Topliss-reactive ketones (excluding diaryl/α,β-unsaturated/α-hetero) is 1. The molecule has 1 saturated heterocycles. The molecular weight excluding hydrogens is 224 g/mol. The fraction of sp³-hybridized carbons (Fsp3) is 0.333. The average molecular weight is 235 g/mol. The van der Waals surface area contributed by atoms with Gasteiger partial charge in [-0.25, -0.2) is 0 Å². The van der Waals surface area contributed by atoms with Crippen LogP contribution in [0.15, 0.2) is 18.2 Å². The van der Waals surface area contributed by atoms with Crippen molar-refractivity contribution in [1.29, 1.82) is 5.26 Å². The van der Waals surface area contributed by atoms with Crippen LogP contribution >= 0.6 is 11.6 Å². The van der Waals surface area contributed by atoms with E-state index in [1.165, 1.54) is 0 Å². The second kappa shape index (κ2) is 4.15. The van der Waals surface area contributed by atoms with Gasteiger partial charge in [-0.15, -0.1) is 0 Å². The average Bonchev–Trinajstić information content (AvgIpc) is 2.64. The number of halogens is 1. The third kappa shape index (κ3) is 1.89. The first-order valence-electron chi connectivity index (χ1n) is 5.05. The molecule has 0 saturated carbocycles. The third-order valence-corrected chi connectivity index (χ3v) is 3.22. The van der Waals surface area contributed by atoms with Gasteiger partial charge in [0.15, 0.2) is 5.78 Å². The molecule has 0 spiro atoms. The minimum absolute atomic E-state index is 0.0146. The Morgan fingerprint density at radius 3 is 2.88 bits per heavy atom. The molecule has 1 aromatic carbocycles. The Bertz CT molecular complexity index is 478. The van der Waals surface area contributed by atoms with E-state index in [-0.39, 0.29) is 5.78 Å². The Balaban J connectivity index is 2.24. The molecule has 0 N–H and O–H groups in total. The van der Waals surface area contributed by atoms with Crippen LogP contribution in [0.3, 0.4) is 0 Å². The second-order valence-corrected chi connectivity index (χ2v) is 4.37. The monoisotopic (exact) mass is 234 g/mol. The van der Waals surface area contributed by atoms with Gasteiger partial charge in [0.25, 0.3) is 0 Å². The van der Waals surface area contributed by atoms with Crippen molar-refractivity contribution in [3.05, 3.63) is 28.8 Å². The molecule has 82 valence electrons. The molecule has 1 atom stereocenters. The zero-order valence-corrected chi connectivity index (χ0v) is 9.66. The highest BCUT2D eigenvalue weighted by Gasteiger charge is 2.30. The van der Waals surface area contributed by atoms with E-state index >= 15 is 0 Å². The number of carbonyl (C=O) groups is 1. The SMILES string of the molecule is Cc1ccc(N2CC(=O)C(C#N)C2)cc1Cl. The minimum atomic E-state index is -0.500. The van der Waals surface area contributed by atoms with Crippen LogP contribution in [0, 0.1) is 24.2 Å². The van der Waals surface area contributed by atoms with E-state index in [1.54, 1.807) is 0 Å². The molecule has 0 aliphatic carbocycles. The lowest BCUT2D eigenvalue weighted by atomic mass is 10.1. The van der Waals surface area contributed by atoms with Gasteiger partial charge in [0.2, 0.25) is 0 Å². The van der Waals surface area contributed by atoms with Crippen LogP contribution in [0.1, 0.15) is 5.56 Å². The molecule has 1 aromatic rings. The Hall–Kier alpha value is -1.53. The number of carbonyl (C=O) groups excluding carboxylic acids is 1. The molecule has 16 heavy (non-hydrogen) atoms. The summed E-state index contributed by atoms with van der Waals surface area (Å²) in [7, 11) is 0. The standard InChI is InChI=1S/C12H11ClN2O/c1-8-2-3-10(4-11(8)13)15-6-9(5-14)12(16)7-15/h2-4,9H,6-7H2,1H3. The molecule has 0 bridgehead atoms. The van der Waals surface area contributed by atoms with Crippen molar-refractivity contribution in [3.8, 4) is 6.07 Å². The molecule has 1 fully saturated rings. The lowest BCUT2D eigenvalue weighted by Crippen LogP contribution is -2.19. The van der Waals surface area contributed by atoms with E-state index in [0.717, 1.165) is 11.3 Å². The van der Waals surface area contributed by atoms with Crippen molar-refractivity contribution < 1.29 is 4.79 Å². The lowest BCUT2D eigenvalue weighted by Gasteiger charge is -2.17. The molecule has 0 aromatic heterocycles. The smallest absolute Gasteiger partial charge is 0.170 e. The third-order valence-electron chi connectivity index (χ3n) is 2.81. The topological polar surface area (TPSA) is 44.1 Å². The second-order valence-electron chi connectivity index (χ2n) is 3.96. The molecule has 0 radical (unpaired) electrons. The summed E-state index contributed by atoms with van der Waals surface area (Å²) in [6.07, 6.45) is 0. The summed E-state index contributed by atoms with van der Waals surface area (Å²) in [5, 5.41) is 9.46. The van der Waals surface area contributed by atoms with Crippen LogP contribution in [0.2, 0.25) is 5.02 Å². The molecule has 2 rings (SSSR count). The number of aryl methyl sites for hydroxylation is 1. The Morgan fingerprint density at radius 2 is 2.31 bits per heavy atom. The van der Waals surface area contributed by atoms with Crippen molar-refractivity contribution in [1.82, 2.24) is 0 Å². The molecule has 0 amide bonds. The van der Waals surface area contributed by atoms with E-state index in [0.29, 0.717) is 18.1 Å². The van der Waals surface area contributed by atoms with Crippen molar-refractivity contribution in [2.45, 2.75) is 6.92 Å². The molecular formula is C12H11ClN2O. The molecule has 4 heteroatoms. The van der Waals surface area contributed by atoms with E-state index in [2.05, 4.69) is 0 Å². The van der Waals surface area contributed by atoms with Crippen LogP contribution in [-0.2, 0) is 4.79 Å². The number of nitrogens with zero attached hydrogens (tertiary/aromatic N) is 2. The molecule has 1 heterocycles. The maximum absolute atomic E-state index is 11.4. The summed E-state index contributed by atoms with van der Waals surface area (Å²) < 4.78 is 0. The number of rotatable bonds is 1. The Morgan fingerprint density at radius 1 is 1.56 bits per heavy atom. The molecule has 1 unspecified atom stereocenters. The van der Waals surface area contributed by atoms with E-state index < -0.39 is 5.92 Å². The van der Waals surface area contributed by atoms with E-state index in [1.807, 2.05) is 36.1 Å². The van der Waals surface area contributed by atoms with Crippen molar-refractivity contribution in [2.24, 2.45) is 5.92 Å². The first-order chi connectivity index (χ1) is 7.61. The van der Waals surface area contributed by atoms with Crippen LogP contribution in [0.4, 0.5) is 5.69 Å². The molecule has 1 aliphatic heterocycles. The van der Waals surface area contributed by atoms with Crippen molar-refractivity contribution >= 4 is 23.1 Å². The lowest BCUT2D eigenvalue weighted by molar-refractivity contribution is -0.118. The van der Waals surface area contributed by atoms with Gasteiger partial charge in [0.05, 0.1) is 12.6 Å². The summed E-state index contributed by atoms with van der Waals surface area (Å²) >= 11 is 6.02. The van der Waals surface area contributed by atoms with E-state index in [9.17, 15) is 4.79 Å². The highest BCUT2D eigenvalue weighted by atomic mass is 35.5. The van der Waals surface area contributed by atoms with Gasteiger partial charge in [0.1, 0.15) is 5.92 Å². The van der Waals surface area contributed by atoms with Crippen molar-refractivity contribution in [3.63, 3.8) is 0 Å². The first-order valence-corrected chi connectivity index (χ1v) is 5.43. The minimum Gasteiger partial charge on any atom is -0.362 e. The zero-order valence-electron chi connectivity index (χ0n) is 8.90. The number of nitriles is 1. The van der Waals surface area contributed by atoms with Gasteiger partial charge in [-0.1, -0.05) is 17.7 Å². The summed E-state index contributed by atoms with van der Waals surface area (Å²) in [5.74, 6) is -0.515. The van der Waals surface area contributed by atoms with Gasteiger partial charge in [-0.2, -0.15) is 5.26 Å². The quantitative estimate of drug-likeness (QED) is 0.748. The van der Waals surface area contributed by atoms with Crippen LogP contribution in [0.25, 0.3) is 0 Å². The number of hydrogen-bond acceptors (Lipinski definition) is 3. The normalized spacial score (nSPS) is 19.9. The van der Waals surface area contributed by atoms with Gasteiger partial charge in [-0.3, -0.25) is 4.79 Å². The van der Waals surface area contributed by atoms with Crippen LogP contribution in [-0.4, -0.2) is 18.9 Å². The number of ketones is 1. The summed E-state index contributed by atoms with van der Waals surface area (Å²) in [6.45, 7) is 2.70. The predicted octanol–water partition coefficient (Wildman–Crippen LogP) is 2.18. The van der Waals surface area contributed by atoms with Crippen LogP contribution < -0.4 is 4.90 Å². The summed E-state index contributed by atoms with van der Waals surface area (Å²) in [6, 6.07) is 7.70. The fourth-order valence-corrected chi connectivity index (χ4v) is 1.95. The summed E-state index contributed by atoms with van der Waals surface area (Å²) in [5.41, 5.74) is 1.91. The first kappa shape index (κ1) is 11.0. The maximum atomic E-state index is 11.4. The highest BCUT2D eigenvalue weighted by Crippen LogP contribution is 2.26. The van der Waals surface area contributed by atoms with Gasteiger partial charge < -0.3 is 4.90 Å². The Kier molecular flexibility index (Phi) is 2.84. The van der Waals surface area contributed by atoms with Crippen LogP contribution in [0.5, 0.6) is 0 Å². The number of benzene rings is 1. The zero-order chi connectivity index (χ0) is 11.7. The largest absolute Gasteiger partial charge is 0.362 e. The Labute approximate surface area is 99.2 Å². The van der Waals surface area contributed by atoms with Crippen molar-refractivity contribution in [2.75, 3.05) is 18.0 Å². The number of hydrogen-bond donors (Lipinski definition) is 0. The molecule has 1 aliphatic rings. The van der Waals surface area contributed by atoms with Gasteiger partial charge >= 0.3 is 0 Å². The molecule has 3 nitrogen and oxygen atoms in total. The van der Waals surface area contributed by atoms with E-state index in [4.69, 9.17) is 16.9 Å². The number of anilines is 1. The summed E-state index contributed by atoms with van der Waals surface area (Å²) in [4.78, 5) is 13.3. The van der Waals surface area contributed by atoms with Gasteiger partial charge in [0, 0.05) is 17.3 Å². The predicted molar refractivity (Wildman–Crippen MR) is 62.5 cm³/mol. The highest BCUT2D eigenvalue weighted by molar-refractivity contribution is 6.31. The maximum Gasteiger partial charge on any atom is 0.170 e. The van der Waals surface area contributed by atoms with Gasteiger partial charge in [-0.05, 0) is 24.6 Å². The fourth-order valence-electron chi connectivity index (χ4n) is 1.77.